The molecule has 0 fully saturated rings. The molecular formula is C9H8N2. The Morgan fingerprint density at radius 2 is 2.18 bits per heavy atom. The molecule has 0 heterocycles. The second-order valence-electron chi connectivity index (χ2n) is 2.30. The molecule has 1 aliphatic rings. The molecular weight excluding hydrogens is 136 g/mol. The fourth-order valence-corrected chi connectivity index (χ4v) is 0.866. The summed E-state index contributed by atoms with van der Waals surface area (Å²) in [5, 5.41) is 8.16. The van der Waals surface area contributed by atoms with Crippen molar-refractivity contribution >= 4 is 0 Å². The summed E-state index contributed by atoms with van der Waals surface area (Å²) in [5.74, 6) is 5.09. The van der Waals surface area contributed by atoms with Gasteiger partial charge in [0.15, 0.2) is 6.07 Å². The third-order valence-corrected chi connectivity index (χ3v) is 1.46. The summed E-state index contributed by atoms with van der Waals surface area (Å²) < 4.78 is 0. The molecule has 2 N–H and O–H groups in total. The van der Waals surface area contributed by atoms with Crippen molar-refractivity contribution in [2.45, 2.75) is 12.8 Å². The van der Waals surface area contributed by atoms with E-state index in [0.29, 0.717) is 0 Å². The van der Waals surface area contributed by atoms with Gasteiger partial charge in [0, 0.05) is 17.2 Å². The summed E-state index contributed by atoms with van der Waals surface area (Å²) in [4.78, 5) is 0. The van der Waals surface area contributed by atoms with Crippen LogP contribution < -0.4 is 5.73 Å². The number of nitrogens with zero attached hydrogens (tertiary/aromatic N) is 1. The summed E-state index contributed by atoms with van der Waals surface area (Å²) >= 11 is 0. The molecule has 0 aromatic rings. The Kier molecular flexibility index (Phi) is 2.36. The number of allylic oxidation sites excluding steroid dienone is 4. The molecule has 0 radical (unpaired) electrons. The molecule has 2 heteroatoms. The van der Waals surface area contributed by atoms with Gasteiger partial charge in [-0.25, -0.2) is 0 Å². The molecule has 0 saturated heterocycles. The van der Waals surface area contributed by atoms with Crippen LogP contribution in [0.25, 0.3) is 0 Å². The lowest BCUT2D eigenvalue weighted by Crippen LogP contribution is -2.00. The normalized spacial score (nSPS) is 15.2. The van der Waals surface area contributed by atoms with Crippen molar-refractivity contribution < 1.29 is 0 Å². The van der Waals surface area contributed by atoms with Gasteiger partial charge in [-0.3, -0.25) is 0 Å². The summed E-state index contributed by atoms with van der Waals surface area (Å²) in [6.07, 6.45) is 5.41. The SMILES string of the molecule is N#CC#CC1=CC=C(N)CC1. The van der Waals surface area contributed by atoms with Crippen LogP contribution in [0.3, 0.4) is 0 Å². The summed E-state index contributed by atoms with van der Waals surface area (Å²) in [6, 6.07) is 1.77. The van der Waals surface area contributed by atoms with Crippen LogP contribution in [0.1, 0.15) is 12.8 Å². The van der Waals surface area contributed by atoms with Gasteiger partial charge in [-0.05, 0) is 25.0 Å². The van der Waals surface area contributed by atoms with Crippen molar-refractivity contribution in [1.29, 1.82) is 5.26 Å². The Morgan fingerprint density at radius 3 is 2.73 bits per heavy atom. The van der Waals surface area contributed by atoms with Gasteiger partial charge in [0.25, 0.3) is 0 Å². The van der Waals surface area contributed by atoms with Crippen LogP contribution in [0.4, 0.5) is 0 Å². The van der Waals surface area contributed by atoms with E-state index in [0.717, 1.165) is 24.1 Å². The molecule has 1 aliphatic carbocycles. The van der Waals surface area contributed by atoms with Gasteiger partial charge < -0.3 is 5.73 Å². The van der Waals surface area contributed by atoms with Crippen LogP contribution in [0.5, 0.6) is 0 Å². The fraction of sp³-hybridized carbons (Fsp3) is 0.222. The highest BCUT2D eigenvalue weighted by molar-refractivity contribution is 5.38. The van der Waals surface area contributed by atoms with Gasteiger partial charge in [-0.2, -0.15) is 5.26 Å². The van der Waals surface area contributed by atoms with E-state index < -0.39 is 0 Å². The predicted molar refractivity (Wildman–Crippen MR) is 43.0 cm³/mol. The summed E-state index contributed by atoms with van der Waals surface area (Å²) in [6.45, 7) is 0. The standard InChI is InChI=1S/C9H8N2/c10-7-1-2-8-3-5-9(11)6-4-8/h3,5H,4,6,11H2. The molecule has 0 amide bonds. The first kappa shape index (κ1) is 7.44. The van der Waals surface area contributed by atoms with Gasteiger partial charge in [0.2, 0.25) is 0 Å². The smallest absolute Gasteiger partial charge is 0.152 e. The van der Waals surface area contributed by atoms with Crippen LogP contribution in [-0.2, 0) is 0 Å². The molecule has 0 bridgehead atoms. The molecule has 11 heavy (non-hydrogen) atoms. The van der Waals surface area contributed by atoms with Crippen molar-refractivity contribution in [2.75, 3.05) is 0 Å². The van der Waals surface area contributed by atoms with E-state index in [2.05, 4.69) is 11.8 Å². The van der Waals surface area contributed by atoms with E-state index >= 15 is 0 Å². The second kappa shape index (κ2) is 3.49. The maximum Gasteiger partial charge on any atom is 0.152 e. The van der Waals surface area contributed by atoms with E-state index in [1.165, 1.54) is 0 Å². The minimum absolute atomic E-state index is 0.853. The third kappa shape index (κ3) is 2.20. The van der Waals surface area contributed by atoms with Crippen molar-refractivity contribution in [3.8, 4) is 17.9 Å². The maximum atomic E-state index is 8.16. The Labute approximate surface area is 66.0 Å². The average Bonchev–Trinajstić information content (AvgIpc) is 2.04. The van der Waals surface area contributed by atoms with E-state index in [4.69, 9.17) is 11.0 Å². The molecule has 2 nitrogen and oxygen atoms in total. The Morgan fingerprint density at radius 1 is 1.36 bits per heavy atom. The molecule has 0 aromatic carbocycles. The molecule has 0 aliphatic heterocycles. The van der Waals surface area contributed by atoms with Gasteiger partial charge in [0.05, 0.1) is 0 Å². The number of hydrogen-bond donors (Lipinski definition) is 1. The highest BCUT2D eigenvalue weighted by Gasteiger charge is 1.99. The first-order valence-corrected chi connectivity index (χ1v) is 3.38. The molecule has 54 valence electrons. The molecule has 0 atom stereocenters. The zero-order valence-corrected chi connectivity index (χ0v) is 6.09. The number of nitrogens with two attached hydrogens (primary N) is 1. The Hall–Kier alpha value is -1.67. The number of rotatable bonds is 0. The van der Waals surface area contributed by atoms with Crippen LogP contribution in [0.15, 0.2) is 23.4 Å². The molecule has 0 saturated carbocycles. The monoisotopic (exact) mass is 144 g/mol. The first-order chi connectivity index (χ1) is 5.33. The minimum Gasteiger partial charge on any atom is -0.402 e. The van der Waals surface area contributed by atoms with Crippen molar-refractivity contribution in [3.05, 3.63) is 23.4 Å². The van der Waals surface area contributed by atoms with Gasteiger partial charge in [-0.15, -0.1) is 0 Å². The molecule has 0 unspecified atom stereocenters. The Bertz CT molecular complexity index is 305. The maximum absolute atomic E-state index is 8.16. The van der Waals surface area contributed by atoms with Crippen LogP contribution in [-0.4, -0.2) is 0 Å². The second-order valence-corrected chi connectivity index (χ2v) is 2.30. The Balaban J connectivity index is 2.71. The summed E-state index contributed by atoms with van der Waals surface area (Å²) in [7, 11) is 0. The zero-order chi connectivity index (χ0) is 8.10. The van der Waals surface area contributed by atoms with Crippen LogP contribution in [0, 0.1) is 23.2 Å². The van der Waals surface area contributed by atoms with Gasteiger partial charge >= 0.3 is 0 Å². The quantitative estimate of drug-likeness (QED) is 0.517. The largest absolute Gasteiger partial charge is 0.402 e. The van der Waals surface area contributed by atoms with E-state index in [-0.39, 0.29) is 0 Å². The lowest BCUT2D eigenvalue weighted by molar-refractivity contribution is 0.919. The van der Waals surface area contributed by atoms with E-state index in [1.807, 2.05) is 12.2 Å². The first-order valence-electron chi connectivity index (χ1n) is 3.38. The topological polar surface area (TPSA) is 49.8 Å². The van der Waals surface area contributed by atoms with E-state index in [9.17, 15) is 0 Å². The lowest BCUT2D eigenvalue weighted by Gasteiger charge is -2.04. The number of nitriles is 1. The fourth-order valence-electron chi connectivity index (χ4n) is 0.866. The molecule has 1 rings (SSSR count). The van der Waals surface area contributed by atoms with Crippen LogP contribution in [0.2, 0.25) is 0 Å². The highest BCUT2D eigenvalue weighted by atomic mass is 14.6. The van der Waals surface area contributed by atoms with Gasteiger partial charge in [0.1, 0.15) is 0 Å². The third-order valence-electron chi connectivity index (χ3n) is 1.46. The lowest BCUT2D eigenvalue weighted by atomic mass is 10.0. The van der Waals surface area contributed by atoms with Gasteiger partial charge in [-0.1, -0.05) is 5.92 Å². The van der Waals surface area contributed by atoms with E-state index in [1.54, 1.807) is 6.07 Å². The predicted octanol–water partition coefficient (Wildman–Crippen LogP) is 1.08. The van der Waals surface area contributed by atoms with Crippen molar-refractivity contribution in [2.24, 2.45) is 5.73 Å². The average molecular weight is 144 g/mol. The highest BCUT2D eigenvalue weighted by Crippen LogP contribution is 2.13. The summed E-state index contributed by atoms with van der Waals surface area (Å²) in [5.41, 5.74) is 7.40. The zero-order valence-electron chi connectivity index (χ0n) is 6.09. The molecule has 0 spiro atoms. The van der Waals surface area contributed by atoms with Crippen molar-refractivity contribution in [3.63, 3.8) is 0 Å². The van der Waals surface area contributed by atoms with Crippen LogP contribution >= 0.6 is 0 Å². The number of hydrogen-bond acceptors (Lipinski definition) is 2. The van der Waals surface area contributed by atoms with Crippen molar-refractivity contribution in [1.82, 2.24) is 0 Å². The molecule has 0 aromatic heterocycles. The minimum atomic E-state index is 0.853.